The number of ketones is 1. The standard InChI is InChI=1S/C21H32O4/c1-19-7-8-21(24-9-10-25-21)12-13(19)3-4-14-15(19)5-6-20(2)16(14)11-17(22)18(20)23/h13-17,22H,3-12H2,1-2H3/t13-,14?,15?,16?,17+,19-,20-/m0/s1. The molecule has 0 amide bonds. The Morgan fingerprint density at radius 1 is 1.00 bits per heavy atom. The topological polar surface area (TPSA) is 55.8 Å². The van der Waals surface area contributed by atoms with Gasteiger partial charge in [-0.3, -0.25) is 4.79 Å². The largest absolute Gasteiger partial charge is 0.385 e. The third-order valence-corrected chi connectivity index (χ3v) is 9.21. The summed E-state index contributed by atoms with van der Waals surface area (Å²) in [6.45, 7) is 6.13. The van der Waals surface area contributed by atoms with E-state index in [0.717, 1.165) is 38.9 Å². The number of rotatable bonds is 0. The van der Waals surface area contributed by atoms with E-state index in [-0.39, 0.29) is 17.0 Å². The number of Topliss-reactive ketones (excluding diaryl/α,β-unsaturated/α-hetero) is 1. The van der Waals surface area contributed by atoms with Gasteiger partial charge in [-0.15, -0.1) is 0 Å². The van der Waals surface area contributed by atoms with E-state index in [9.17, 15) is 9.90 Å². The molecule has 25 heavy (non-hydrogen) atoms. The summed E-state index contributed by atoms with van der Waals surface area (Å²) in [4.78, 5) is 12.6. The van der Waals surface area contributed by atoms with Crippen LogP contribution in [0.3, 0.4) is 0 Å². The van der Waals surface area contributed by atoms with Crippen molar-refractivity contribution >= 4 is 5.78 Å². The van der Waals surface area contributed by atoms with Crippen LogP contribution in [0.4, 0.5) is 0 Å². The second kappa shape index (κ2) is 5.30. The van der Waals surface area contributed by atoms with Crippen LogP contribution in [0.2, 0.25) is 0 Å². The Balaban J connectivity index is 1.42. The first-order chi connectivity index (χ1) is 11.9. The Kier molecular flexibility index (Phi) is 3.54. The molecular weight excluding hydrogens is 316 g/mol. The van der Waals surface area contributed by atoms with Gasteiger partial charge in [0.2, 0.25) is 0 Å². The van der Waals surface area contributed by atoms with Gasteiger partial charge in [0, 0.05) is 18.3 Å². The van der Waals surface area contributed by atoms with Crippen molar-refractivity contribution < 1.29 is 19.4 Å². The van der Waals surface area contributed by atoms with Crippen LogP contribution in [-0.4, -0.2) is 36.0 Å². The molecule has 0 aromatic rings. The van der Waals surface area contributed by atoms with Crippen molar-refractivity contribution in [1.82, 2.24) is 0 Å². The van der Waals surface area contributed by atoms with Gasteiger partial charge in [0.05, 0.1) is 13.2 Å². The molecule has 4 heteroatoms. The molecule has 1 aliphatic heterocycles. The van der Waals surface area contributed by atoms with Gasteiger partial charge >= 0.3 is 0 Å². The molecular formula is C21H32O4. The first kappa shape index (κ1) is 16.7. The molecule has 1 saturated heterocycles. The Morgan fingerprint density at radius 2 is 1.76 bits per heavy atom. The number of fused-ring (bicyclic) bond motifs is 5. The molecule has 140 valence electrons. The number of carbonyl (C=O) groups is 1. The zero-order valence-corrected chi connectivity index (χ0v) is 15.6. The summed E-state index contributed by atoms with van der Waals surface area (Å²) < 4.78 is 12.1. The summed E-state index contributed by atoms with van der Waals surface area (Å²) in [5.41, 5.74) is 0.0821. The van der Waals surface area contributed by atoms with Crippen LogP contribution < -0.4 is 0 Å². The number of carbonyl (C=O) groups excluding carboxylic acids is 1. The summed E-state index contributed by atoms with van der Waals surface area (Å²) in [5.74, 6) is 2.20. The van der Waals surface area contributed by atoms with Crippen LogP contribution in [0.5, 0.6) is 0 Å². The summed E-state index contributed by atoms with van der Waals surface area (Å²) in [7, 11) is 0. The minimum Gasteiger partial charge on any atom is -0.385 e. The number of hydrogen-bond acceptors (Lipinski definition) is 4. The van der Waals surface area contributed by atoms with Gasteiger partial charge in [-0.05, 0) is 67.6 Å². The van der Waals surface area contributed by atoms with Crippen molar-refractivity contribution in [2.24, 2.45) is 34.5 Å². The average molecular weight is 348 g/mol. The molecule has 5 rings (SSSR count). The molecule has 0 radical (unpaired) electrons. The summed E-state index contributed by atoms with van der Waals surface area (Å²) in [6.07, 6.45) is 7.79. The smallest absolute Gasteiger partial charge is 0.168 e. The molecule has 7 atom stereocenters. The number of aliphatic hydroxyl groups is 1. The highest BCUT2D eigenvalue weighted by molar-refractivity contribution is 5.91. The van der Waals surface area contributed by atoms with Gasteiger partial charge in [-0.2, -0.15) is 0 Å². The lowest BCUT2D eigenvalue weighted by atomic mass is 9.45. The summed E-state index contributed by atoms with van der Waals surface area (Å²) in [6, 6.07) is 0. The maximum atomic E-state index is 12.6. The van der Waals surface area contributed by atoms with Crippen LogP contribution in [-0.2, 0) is 14.3 Å². The Morgan fingerprint density at radius 3 is 2.52 bits per heavy atom. The lowest BCUT2D eigenvalue weighted by molar-refractivity contribution is -0.228. The molecule has 1 spiro atoms. The fraction of sp³-hybridized carbons (Fsp3) is 0.952. The minimum atomic E-state index is -0.714. The van der Waals surface area contributed by atoms with Gasteiger partial charge in [0.15, 0.2) is 11.6 Å². The Bertz CT molecular complexity index is 582. The molecule has 4 saturated carbocycles. The molecule has 5 fully saturated rings. The van der Waals surface area contributed by atoms with Gasteiger partial charge in [-0.25, -0.2) is 0 Å². The molecule has 1 N–H and O–H groups in total. The molecule has 4 aliphatic carbocycles. The molecule has 0 bridgehead atoms. The number of ether oxygens (including phenoxy) is 2. The van der Waals surface area contributed by atoms with Gasteiger partial charge in [0.25, 0.3) is 0 Å². The average Bonchev–Trinajstić information content (AvgIpc) is 3.13. The first-order valence-electron chi connectivity index (χ1n) is 10.4. The van der Waals surface area contributed by atoms with Crippen molar-refractivity contribution in [3.63, 3.8) is 0 Å². The quantitative estimate of drug-likeness (QED) is 0.730. The van der Waals surface area contributed by atoms with Crippen LogP contribution in [0.1, 0.15) is 65.2 Å². The summed E-state index contributed by atoms with van der Waals surface area (Å²) in [5, 5.41) is 10.2. The maximum absolute atomic E-state index is 12.6. The Labute approximate surface area is 150 Å². The predicted molar refractivity (Wildman–Crippen MR) is 92.8 cm³/mol. The molecule has 1 heterocycles. The molecule has 0 aromatic carbocycles. The monoisotopic (exact) mass is 348 g/mol. The third kappa shape index (κ3) is 2.14. The van der Waals surface area contributed by atoms with E-state index in [1.165, 1.54) is 19.3 Å². The van der Waals surface area contributed by atoms with Gasteiger partial charge in [-0.1, -0.05) is 13.8 Å². The highest BCUT2D eigenvalue weighted by Gasteiger charge is 2.63. The second-order valence-corrected chi connectivity index (χ2v) is 10.0. The van der Waals surface area contributed by atoms with Crippen LogP contribution in [0.25, 0.3) is 0 Å². The van der Waals surface area contributed by atoms with E-state index < -0.39 is 6.10 Å². The molecule has 4 nitrogen and oxygen atoms in total. The van der Waals surface area contributed by atoms with E-state index in [1.54, 1.807) is 0 Å². The lowest BCUT2D eigenvalue weighted by Gasteiger charge is -2.61. The van der Waals surface area contributed by atoms with E-state index in [1.807, 2.05) is 0 Å². The zero-order valence-electron chi connectivity index (χ0n) is 15.6. The third-order valence-electron chi connectivity index (χ3n) is 9.21. The summed E-state index contributed by atoms with van der Waals surface area (Å²) >= 11 is 0. The SMILES string of the molecule is C[C@]12CCC3C(CC[C@H]4CC5(CC[C@]34C)OCCO5)C1C[C@@H](O)C2=O. The van der Waals surface area contributed by atoms with Crippen molar-refractivity contribution in [2.75, 3.05) is 13.2 Å². The molecule has 0 aromatic heterocycles. The minimum absolute atomic E-state index is 0.124. The predicted octanol–water partition coefficient (Wildman–Crippen LogP) is 3.31. The highest BCUT2D eigenvalue weighted by atomic mass is 16.7. The molecule has 3 unspecified atom stereocenters. The first-order valence-corrected chi connectivity index (χ1v) is 10.4. The van der Waals surface area contributed by atoms with E-state index in [4.69, 9.17) is 9.47 Å². The highest BCUT2D eigenvalue weighted by Crippen LogP contribution is 2.66. The maximum Gasteiger partial charge on any atom is 0.168 e. The normalized spacial score (nSPS) is 54.2. The molecule has 5 aliphatic rings. The van der Waals surface area contributed by atoms with Crippen LogP contribution in [0.15, 0.2) is 0 Å². The van der Waals surface area contributed by atoms with Crippen molar-refractivity contribution in [2.45, 2.75) is 77.1 Å². The van der Waals surface area contributed by atoms with E-state index in [2.05, 4.69) is 13.8 Å². The van der Waals surface area contributed by atoms with Crippen molar-refractivity contribution in [3.8, 4) is 0 Å². The second-order valence-electron chi connectivity index (χ2n) is 10.0. The van der Waals surface area contributed by atoms with Crippen molar-refractivity contribution in [3.05, 3.63) is 0 Å². The van der Waals surface area contributed by atoms with Crippen molar-refractivity contribution in [1.29, 1.82) is 0 Å². The van der Waals surface area contributed by atoms with E-state index in [0.29, 0.717) is 35.5 Å². The van der Waals surface area contributed by atoms with Gasteiger partial charge < -0.3 is 14.6 Å². The number of hydrogen-bond donors (Lipinski definition) is 1. The fourth-order valence-electron chi connectivity index (χ4n) is 7.75. The van der Waals surface area contributed by atoms with Crippen LogP contribution in [0, 0.1) is 34.5 Å². The number of aliphatic hydroxyl groups excluding tert-OH is 1. The lowest BCUT2D eigenvalue weighted by Crippen LogP contribution is -2.56. The fourth-order valence-corrected chi connectivity index (χ4v) is 7.75. The Hall–Kier alpha value is -0.450. The zero-order chi connectivity index (χ0) is 17.4. The van der Waals surface area contributed by atoms with Gasteiger partial charge in [0.1, 0.15) is 6.10 Å². The van der Waals surface area contributed by atoms with E-state index >= 15 is 0 Å². The van der Waals surface area contributed by atoms with Crippen LogP contribution >= 0.6 is 0 Å².